The highest BCUT2D eigenvalue weighted by Crippen LogP contribution is 2.25. The van der Waals surface area contributed by atoms with Crippen LogP contribution >= 0.6 is 0 Å². The first-order valence-electron chi connectivity index (χ1n) is 4.35. The molecule has 62 valence electrons. The highest BCUT2D eigenvalue weighted by atomic mass is 16.3. The highest BCUT2D eigenvalue weighted by molar-refractivity contribution is 5.90. The molecule has 0 fully saturated rings. The normalized spacial score (nSPS) is 33.7. The van der Waals surface area contributed by atoms with Gasteiger partial charge in [0.1, 0.15) is 0 Å². The van der Waals surface area contributed by atoms with Gasteiger partial charge in [0.25, 0.3) is 0 Å². The van der Waals surface area contributed by atoms with E-state index in [1.54, 1.807) is 19.9 Å². The Morgan fingerprint density at radius 2 is 2.45 bits per heavy atom. The van der Waals surface area contributed by atoms with Gasteiger partial charge in [0.2, 0.25) is 0 Å². The van der Waals surface area contributed by atoms with Gasteiger partial charge in [-0.3, -0.25) is 4.79 Å². The second kappa shape index (κ2) is 2.78. The molecule has 2 unspecified atom stereocenters. The van der Waals surface area contributed by atoms with Gasteiger partial charge < -0.3 is 5.11 Å². The van der Waals surface area contributed by atoms with Crippen LogP contribution in [0.15, 0.2) is 12.2 Å². The van der Waals surface area contributed by atoms with E-state index in [2.05, 4.69) is 0 Å². The number of ketones is 1. The Hall–Kier alpha value is -0.630. The molecule has 0 heterocycles. The first-order chi connectivity index (χ1) is 5.41. The van der Waals surface area contributed by atoms with Crippen molar-refractivity contribution in [3.8, 4) is 0 Å². The van der Waals surface area contributed by atoms with E-state index >= 15 is 0 Å². The van der Waals surface area contributed by atoms with E-state index in [-0.39, 0.29) is 11.7 Å². The Morgan fingerprint density at radius 3 is 2.91 bits per heavy atom. The Kier molecular flexibility index (Phi) is 1.78. The molecule has 0 bridgehead atoms. The van der Waals surface area contributed by atoms with Gasteiger partial charge in [0.05, 0.1) is 5.60 Å². The third-order valence-electron chi connectivity index (χ3n) is 1.97. The summed E-state index contributed by atoms with van der Waals surface area (Å²) in [6, 6.07) is 0. The van der Waals surface area contributed by atoms with Gasteiger partial charge in [0, 0.05) is 13.7 Å². The second-order valence-corrected chi connectivity index (χ2v) is 3.46. The standard InChI is InChI=1S/C9H14O2/c1-9(2,11)7-3-5-8(10)6-4-7/h3,5,7,11H,4,6H2,1-2H3/i6D. The Bertz CT molecular complexity index is 215. The zero-order valence-corrected chi connectivity index (χ0v) is 6.87. The molecular weight excluding hydrogens is 140 g/mol. The molecule has 0 aromatic heterocycles. The van der Waals surface area contributed by atoms with Crippen molar-refractivity contribution in [3.63, 3.8) is 0 Å². The van der Waals surface area contributed by atoms with Gasteiger partial charge >= 0.3 is 0 Å². The summed E-state index contributed by atoms with van der Waals surface area (Å²) < 4.78 is 7.38. The van der Waals surface area contributed by atoms with Crippen LogP contribution in [0.4, 0.5) is 0 Å². The lowest BCUT2D eigenvalue weighted by molar-refractivity contribution is -0.115. The zero-order chi connectivity index (χ0) is 9.35. The van der Waals surface area contributed by atoms with Gasteiger partial charge in [-0.25, -0.2) is 0 Å². The average molecular weight is 155 g/mol. The number of aliphatic hydroxyl groups is 1. The summed E-state index contributed by atoms with van der Waals surface area (Å²) in [5.74, 6) is -0.229. The second-order valence-electron chi connectivity index (χ2n) is 3.46. The topological polar surface area (TPSA) is 37.3 Å². The minimum Gasteiger partial charge on any atom is -0.390 e. The molecule has 1 N–H and O–H groups in total. The molecule has 0 aromatic rings. The number of hydrogen-bond donors (Lipinski definition) is 1. The van der Waals surface area contributed by atoms with Crippen molar-refractivity contribution in [3.05, 3.63) is 12.2 Å². The van der Waals surface area contributed by atoms with Gasteiger partial charge in [0.15, 0.2) is 5.78 Å². The molecule has 2 heteroatoms. The van der Waals surface area contributed by atoms with Crippen LogP contribution in [0.1, 0.15) is 28.0 Å². The fraction of sp³-hybridized carbons (Fsp3) is 0.667. The number of carbonyl (C=O) groups is 1. The molecule has 0 amide bonds. The van der Waals surface area contributed by atoms with Crippen LogP contribution in [0, 0.1) is 5.92 Å². The van der Waals surface area contributed by atoms with Gasteiger partial charge in [-0.2, -0.15) is 0 Å². The van der Waals surface area contributed by atoms with Crippen molar-refractivity contribution >= 4 is 5.78 Å². The maximum Gasteiger partial charge on any atom is 0.155 e. The van der Waals surface area contributed by atoms with Gasteiger partial charge in [-0.15, -0.1) is 0 Å². The first-order valence-corrected chi connectivity index (χ1v) is 3.78. The van der Waals surface area contributed by atoms with Crippen LogP contribution in [-0.2, 0) is 4.79 Å². The number of allylic oxidation sites excluding steroid dienone is 1. The summed E-state index contributed by atoms with van der Waals surface area (Å²) in [4.78, 5) is 10.9. The molecule has 0 radical (unpaired) electrons. The molecular formula is C9H14O2. The minimum absolute atomic E-state index is 0.0716. The van der Waals surface area contributed by atoms with E-state index in [1.165, 1.54) is 6.08 Å². The summed E-state index contributed by atoms with van der Waals surface area (Å²) in [6.07, 6.45) is 2.85. The summed E-state index contributed by atoms with van der Waals surface area (Å²) in [6.45, 7) is 3.40. The predicted octanol–water partition coefficient (Wildman–Crippen LogP) is 1.29. The molecule has 0 aliphatic heterocycles. The molecule has 2 atom stereocenters. The maximum atomic E-state index is 10.9. The van der Waals surface area contributed by atoms with Crippen molar-refractivity contribution < 1.29 is 11.3 Å². The fourth-order valence-electron chi connectivity index (χ4n) is 1.12. The molecule has 11 heavy (non-hydrogen) atoms. The summed E-state index contributed by atoms with van der Waals surface area (Å²) in [5, 5.41) is 9.60. The van der Waals surface area contributed by atoms with Crippen LogP contribution in [0.5, 0.6) is 0 Å². The molecule has 1 aliphatic carbocycles. The van der Waals surface area contributed by atoms with E-state index in [1.807, 2.05) is 0 Å². The number of hydrogen-bond acceptors (Lipinski definition) is 2. The average Bonchev–Trinajstić information content (AvgIpc) is 1.92. The number of rotatable bonds is 1. The van der Waals surface area contributed by atoms with Crippen molar-refractivity contribution in [2.75, 3.05) is 0 Å². The largest absolute Gasteiger partial charge is 0.390 e. The third kappa shape index (κ3) is 2.15. The Labute approximate surface area is 68.3 Å². The molecule has 1 aliphatic rings. The van der Waals surface area contributed by atoms with E-state index in [4.69, 9.17) is 1.37 Å². The summed E-state index contributed by atoms with van der Waals surface area (Å²) in [5.41, 5.74) is -0.823. The quantitative estimate of drug-likeness (QED) is 0.619. The van der Waals surface area contributed by atoms with Crippen molar-refractivity contribution in [2.24, 2.45) is 5.92 Å². The van der Waals surface area contributed by atoms with Crippen molar-refractivity contribution in [2.45, 2.75) is 32.3 Å². The highest BCUT2D eigenvalue weighted by Gasteiger charge is 2.26. The van der Waals surface area contributed by atoms with Gasteiger partial charge in [-0.1, -0.05) is 6.08 Å². The zero-order valence-electron chi connectivity index (χ0n) is 7.87. The van der Waals surface area contributed by atoms with Crippen molar-refractivity contribution in [1.29, 1.82) is 0 Å². The van der Waals surface area contributed by atoms with Crippen LogP contribution in [0.3, 0.4) is 0 Å². The lowest BCUT2D eigenvalue weighted by Crippen LogP contribution is -2.31. The predicted molar refractivity (Wildman–Crippen MR) is 43.2 cm³/mol. The fourth-order valence-corrected chi connectivity index (χ4v) is 1.12. The summed E-state index contributed by atoms with van der Waals surface area (Å²) >= 11 is 0. The maximum absolute atomic E-state index is 10.9. The lowest BCUT2D eigenvalue weighted by Gasteiger charge is -2.28. The third-order valence-corrected chi connectivity index (χ3v) is 1.97. The number of carbonyl (C=O) groups excluding carboxylic acids is 1. The summed E-state index contributed by atoms with van der Waals surface area (Å²) in [7, 11) is 0. The van der Waals surface area contributed by atoms with Crippen LogP contribution in [0.25, 0.3) is 0 Å². The monoisotopic (exact) mass is 155 g/mol. The molecule has 0 saturated carbocycles. The molecule has 1 rings (SSSR count). The smallest absolute Gasteiger partial charge is 0.155 e. The molecule has 0 saturated heterocycles. The van der Waals surface area contributed by atoms with Crippen LogP contribution in [0.2, 0.25) is 0 Å². The molecule has 0 spiro atoms. The molecule has 2 nitrogen and oxygen atoms in total. The van der Waals surface area contributed by atoms with E-state index in [0.29, 0.717) is 6.42 Å². The first kappa shape index (κ1) is 7.04. The van der Waals surface area contributed by atoms with E-state index in [0.717, 1.165) is 0 Å². The minimum atomic E-state index is -0.823. The molecule has 0 aromatic carbocycles. The Balaban J connectivity index is 2.74. The van der Waals surface area contributed by atoms with E-state index < -0.39 is 12.0 Å². The van der Waals surface area contributed by atoms with Crippen molar-refractivity contribution in [1.82, 2.24) is 0 Å². The Morgan fingerprint density at radius 1 is 1.82 bits per heavy atom. The van der Waals surface area contributed by atoms with E-state index in [9.17, 15) is 9.90 Å². The van der Waals surface area contributed by atoms with Gasteiger partial charge in [-0.05, 0) is 26.3 Å². The van der Waals surface area contributed by atoms with Crippen LogP contribution in [-0.4, -0.2) is 16.5 Å². The SMILES string of the molecule is [2H]C1CC(C(C)(C)O)C=CC1=O. The van der Waals surface area contributed by atoms with Crippen LogP contribution < -0.4 is 0 Å². The lowest BCUT2D eigenvalue weighted by atomic mass is 9.83.